The number of rotatable bonds is 2. The van der Waals surface area contributed by atoms with Gasteiger partial charge in [0.2, 0.25) is 0 Å². The van der Waals surface area contributed by atoms with Gasteiger partial charge in [-0.15, -0.1) is 0 Å². The number of carbonyl (C=O) groups excluding carboxylic acids is 2. The number of benzene rings is 1. The van der Waals surface area contributed by atoms with Gasteiger partial charge in [-0.05, 0) is 6.07 Å². The summed E-state index contributed by atoms with van der Waals surface area (Å²) < 4.78 is 0. The Labute approximate surface area is 99.6 Å². The summed E-state index contributed by atoms with van der Waals surface area (Å²) in [7, 11) is 1.18. The number of carboxylic acid groups (broad SMARTS) is 1. The maximum Gasteiger partial charge on any atom is 0.335 e. The molecule has 1 aromatic rings. The van der Waals surface area contributed by atoms with E-state index in [0.29, 0.717) is 4.90 Å². The maximum absolute atomic E-state index is 11.7. The van der Waals surface area contributed by atoms with Crippen molar-refractivity contribution >= 4 is 23.5 Å². The molecule has 0 saturated heterocycles. The molecule has 0 radical (unpaired) electrons. The minimum absolute atomic E-state index is 0.255. The molecule has 1 aliphatic heterocycles. The van der Waals surface area contributed by atoms with Crippen LogP contribution in [0.4, 0.5) is 5.69 Å². The number of aromatic carboxylic acids is 1. The Morgan fingerprint density at radius 3 is 2.44 bits per heavy atom. The van der Waals surface area contributed by atoms with Crippen LogP contribution in [-0.4, -0.2) is 39.8 Å². The minimum atomic E-state index is -1.41. The van der Waals surface area contributed by atoms with Crippen LogP contribution in [0, 0.1) is 10.1 Å². The molecule has 2 amide bonds. The standard InChI is InChI=1S/C10H6N2O6/c1-11-8(13)5-2-4(10(15)16)3-6(12(17)18)7(5)9(11)14/h2-3H,1H3,(H,15,16). The molecule has 0 unspecified atom stereocenters. The molecule has 1 heterocycles. The Morgan fingerprint density at radius 1 is 1.33 bits per heavy atom. The van der Waals surface area contributed by atoms with E-state index in [9.17, 15) is 24.5 Å². The Morgan fingerprint density at radius 2 is 1.94 bits per heavy atom. The van der Waals surface area contributed by atoms with E-state index >= 15 is 0 Å². The van der Waals surface area contributed by atoms with Crippen LogP contribution >= 0.6 is 0 Å². The molecule has 0 saturated carbocycles. The first kappa shape index (κ1) is 11.7. The number of nitro benzene ring substituents is 1. The highest BCUT2D eigenvalue weighted by Crippen LogP contribution is 2.31. The predicted octanol–water partition coefficient (Wildman–Crippen LogP) is 0.519. The molecule has 0 atom stereocenters. The van der Waals surface area contributed by atoms with E-state index in [1.54, 1.807) is 0 Å². The second kappa shape index (κ2) is 3.62. The smallest absolute Gasteiger partial charge is 0.335 e. The quantitative estimate of drug-likeness (QED) is 0.464. The lowest BCUT2D eigenvalue weighted by Gasteiger charge is -2.02. The normalized spacial score (nSPS) is 13.7. The third kappa shape index (κ3) is 1.43. The molecule has 92 valence electrons. The zero-order chi connectivity index (χ0) is 13.6. The zero-order valence-corrected chi connectivity index (χ0v) is 9.04. The van der Waals surface area contributed by atoms with Crippen molar-refractivity contribution in [1.29, 1.82) is 0 Å². The second-order valence-electron chi connectivity index (χ2n) is 3.65. The molecule has 0 aliphatic carbocycles. The van der Waals surface area contributed by atoms with E-state index < -0.39 is 34.0 Å². The van der Waals surface area contributed by atoms with Gasteiger partial charge in [0.15, 0.2) is 0 Å². The van der Waals surface area contributed by atoms with Crippen LogP contribution in [0.25, 0.3) is 0 Å². The first-order valence-corrected chi connectivity index (χ1v) is 4.72. The Bertz CT molecular complexity index is 621. The van der Waals surface area contributed by atoms with Gasteiger partial charge in [0.25, 0.3) is 17.5 Å². The van der Waals surface area contributed by atoms with Gasteiger partial charge < -0.3 is 5.11 Å². The van der Waals surface area contributed by atoms with E-state index in [-0.39, 0.29) is 11.1 Å². The van der Waals surface area contributed by atoms with Crippen molar-refractivity contribution in [2.24, 2.45) is 0 Å². The first-order valence-electron chi connectivity index (χ1n) is 4.72. The fourth-order valence-electron chi connectivity index (χ4n) is 1.73. The topological polar surface area (TPSA) is 118 Å². The van der Waals surface area contributed by atoms with Gasteiger partial charge in [0.1, 0.15) is 5.56 Å². The van der Waals surface area contributed by atoms with Crippen molar-refractivity contribution in [2.75, 3.05) is 7.05 Å². The van der Waals surface area contributed by atoms with Crippen molar-refractivity contribution in [3.05, 3.63) is 38.9 Å². The van der Waals surface area contributed by atoms with Crippen LogP contribution in [-0.2, 0) is 0 Å². The number of carbonyl (C=O) groups is 3. The van der Waals surface area contributed by atoms with Gasteiger partial charge in [-0.25, -0.2) is 4.79 Å². The number of fused-ring (bicyclic) bond motifs is 1. The molecule has 1 N–H and O–H groups in total. The summed E-state index contributed by atoms with van der Waals surface area (Å²) in [5.74, 6) is -2.96. The molecule has 0 fully saturated rings. The third-order valence-corrected chi connectivity index (χ3v) is 2.61. The van der Waals surface area contributed by atoms with Gasteiger partial charge in [-0.1, -0.05) is 0 Å². The minimum Gasteiger partial charge on any atom is -0.478 e. The number of hydrogen-bond donors (Lipinski definition) is 1. The van der Waals surface area contributed by atoms with Crippen molar-refractivity contribution in [3.8, 4) is 0 Å². The van der Waals surface area contributed by atoms with Crippen LogP contribution in [0.1, 0.15) is 31.1 Å². The van der Waals surface area contributed by atoms with E-state index in [1.165, 1.54) is 7.05 Å². The lowest BCUT2D eigenvalue weighted by atomic mass is 10.0. The highest BCUT2D eigenvalue weighted by atomic mass is 16.6. The summed E-state index contributed by atoms with van der Waals surface area (Å²) >= 11 is 0. The molecule has 8 nitrogen and oxygen atoms in total. The fraction of sp³-hybridized carbons (Fsp3) is 0.100. The van der Waals surface area contributed by atoms with Gasteiger partial charge in [-0.3, -0.25) is 24.6 Å². The molecular formula is C10H6N2O6. The Balaban J connectivity index is 2.81. The van der Waals surface area contributed by atoms with E-state index in [2.05, 4.69) is 0 Å². The van der Waals surface area contributed by atoms with Crippen LogP contribution in [0.2, 0.25) is 0 Å². The molecule has 0 spiro atoms. The molecule has 1 aromatic carbocycles. The molecule has 18 heavy (non-hydrogen) atoms. The molecule has 8 heteroatoms. The molecular weight excluding hydrogens is 244 g/mol. The highest BCUT2D eigenvalue weighted by molar-refractivity contribution is 6.23. The Kier molecular flexibility index (Phi) is 2.35. The van der Waals surface area contributed by atoms with Crippen LogP contribution in [0.3, 0.4) is 0 Å². The highest BCUT2D eigenvalue weighted by Gasteiger charge is 2.40. The fourth-order valence-corrected chi connectivity index (χ4v) is 1.73. The lowest BCUT2D eigenvalue weighted by molar-refractivity contribution is -0.385. The number of carboxylic acids is 1. The van der Waals surface area contributed by atoms with Crippen molar-refractivity contribution in [3.63, 3.8) is 0 Å². The monoisotopic (exact) mass is 250 g/mol. The third-order valence-electron chi connectivity index (χ3n) is 2.61. The summed E-state index contributed by atoms with van der Waals surface area (Å²) in [4.78, 5) is 44.8. The number of amides is 2. The van der Waals surface area contributed by atoms with Crippen LogP contribution in [0.15, 0.2) is 12.1 Å². The molecule has 1 aliphatic rings. The largest absolute Gasteiger partial charge is 0.478 e. The van der Waals surface area contributed by atoms with Crippen LogP contribution in [0.5, 0.6) is 0 Å². The Hall–Kier alpha value is -2.77. The summed E-state index contributed by atoms with van der Waals surface area (Å²) in [6.45, 7) is 0. The maximum atomic E-state index is 11.7. The van der Waals surface area contributed by atoms with Gasteiger partial charge in [0, 0.05) is 13.1 Å². The van der Waals surface area contributed by atoms with E-state index in [0.717, 1.165) is 12.1 Å². The SMILES string of the molecule is CN1C(=O)c2cc(C(=O)O)cc([N+](=O)[O-])c2C1=O. The van der Waals surface area contributed by atoms with Gasteiger partial charge in [0.05, 0.1) is 16.1 Å². The number of hydrogen-bond acceptors (Lipinski definition) is 5. The predicted molar refractivity (Wildman–Crippen MR) is 56.5 cm³/mol. The first-order chi connectivity index (χ1) is 8.34. The van der Waals surface area contributed by atoms with Crippen molar-refractivity contribution < 1.29 is 24.4 Å². The summed E-state index contributed by atoms with van der Waals surface area (Å²) in [5.41, 5.74) is -1.70. The molecule has 0 aromatic heterocycles. The summed E-state index contributed by atoms with van der Waals surface area (Å²) in [5, 5.41) is 19.6. The van der Waals surface area contributed by atoms with E-state index in [4.69, 9.17) is 5.11 Å². The van der Waals surface area contributed by atoms with E-state index in [1.807, 2.05) is 0 Å². The number of nitro groups is 1. The van der Waals surface area contributed by atoms with Crippen molar-refractivity contribution in [1.82, 2.24) is 4.90 Å². The molecule has 0 bridgehead atoms. The van der Waals surface area contributed by atoms with Crippen molar-refractivity contribution in [2.45, 2.75) is 0 Å². The summed E-state index contributed by atoms with van der Waals surface area (Å²) in [6.07, 6.45) is 0. The number of imide groups is 1. The van der Waals surface area contributed by atoms with Gasteiger partial charge in [-0.2, -0.15) is 0 Å². The average Bonchev–Trinajstić information content (AvgIpc) is 2.53. The zero-order valence-electron chi connectivity index (χ0n) is 9.04. The second-order valence-corrected chi connectivity index (χ2v) is 3.65. The molecule has 2 rings (SSSR count). The van der Waals surface area contributed by atoms with Gasteiger partial charge >= 0.3 is 5.97 Å². The number of nitrogens with zero attached hydrogens (tertiary/aromatic N) is 2. The average molecular weight is 250 g/mol. The summed E-state index contributed by atoms with van der Waals surface area (Å²) in [6, 6.07) is 1.74. The lowest BCUT2D eigenvalue weighted by Crippen LogP contribution is -2.24. The van der Waals surface area contributed by atoms with Crippen LogP contribution < -0.4 is 0 Å².